The monoisotopic (exact) mass is 615 g/mol. The van der Waals surface area contributed by atoms with Crippen LogP contribution < -0.4 is 16.0 Å². The van der Waals surface area contributed by atoms with Crippen LogP contribution in [-0.2, 0) is 9.59 Å². The Bertz CT molecular complexity index is 1660. The fourth-order valence-electron chi connectivity index (χ4n) is 4.23. The van der Waals surface area contributed by atoms with Crippen molar-refractivity contribution in [3.63, 3.8) is 0 Å². The molecule has 220 valence electrons. The molecule has 0 fully saturated rings. The average molecular weight is 616 g/mol. The van der Waals surface area contributed by atoms with E-state index in [-0.39, 0.29) is 27.4 Å². The number of carbonyl (C=O) groups is 3. The van der Waals surface area contributed by atoms with Crippen LogP contribution in [0.1, 0.15) is 40.4 Å². The Morgan fingerprint density at radius 2 is 1.65 bits per heavy atom. The molecule has 4 rings (SSSR count). The van der Waals surface area contributed by atoms with E-state index in [2.05, 4.69) is 16.0 Å². The van der Waals surface area contributed by atoms with E-state index >= 15 is 0 Å². The quantitative estimate of drug-likeness (QED) is 0.125. The van der Waals surface area contributed by atoms with E-state index in [1.54, 1.807) is 48.5 Å². The predicted molar refractivity (Wildman–Crippen MR) is 173 cm³/mol. The summed E-state index contributed by atoms with van der Waals surface area (Å²) in [6, 6.07) is 25.4. The van der Waals surface area contributed by atoms with Gasteiger partial charge in [0.1, 0.15) is 11.5 Å². The maximum Gasteiger partial charge on any atom is 0.272 e. The number of halogens is 2. The molecule has 4 aromatic carbocycles. The number of carbonyl (C=O) groups excluding carboxylic acids is 3. The van der Waals surface area contributed by atoms with E-state index < -0.39 is 17.6 Å². The van der Waals surface area contributed by atoms with Gasteiger partial charge in [-0.15, -0.1) is 11.8 Å². The zero-order valence-electron chi connectivity index (χ0n) is 23.9. The maximum atomic E-state index is 14.6. The van der Waals surface area contributed by atoms with Crippen LogP contribution in [-0.4, -0.2) is 23.0 Å². The molecule has 6 nitrogen and oxygen atoms in total. The summed E-state index contributed by atoms with van der Waals surface area (Å²) >= 11 is 7.58. The van der Waals surface area contributed by atoms with Gasteiger partial charge in [-0.05, 0) is 80.4 Å². The summed E-state index contributed by atoms with van der Waals surface area (Å²) < 4.78 is 14.6. The molecule has 3 amide bonds. The van der Waals surface area contributed by atoms with E-state index in [4.69, 9.17) is 11.6 Å². The molecule has 0 saturated heterocycles. The van der Waals surface area contributed by atoms with Gasteiger partial charge in [-0.3, -0.25) is 14.4 Å². The number of aryl methyl sites for hydroxylation is 2. The molecular formula is C34H31ClFN3O3S. The summed E-state index contributed by atoms with van der Waals surface area (Å²) in [5, 5.41) is 8.08. The van der Waals surface area contributed by atoms with Crippen LogP contribution in [0.15, 0.2) is 102 Å². The molecule has 0 bridgehead atoms. The fraction of sp³-hybridized carbons (Fsp3) is 0.147. The second kappa shape index (κ2) is 14.7. The zero-order chi connectivity index (χ0) is 30.9. The molecule has 0 saturated carbocycles. The van der Waals surface area contributed by atoms with Crippen molar-refractivity contribution in [2.24, 2.45) is 0 Å². The van der Waals surface area contributed by atoms with E-state index in [1.807, 2.05) is 45.0 Å². The van der Waals surface area contributed by atoms with Crippen LogP contribution >= 0.6 is 23.4 Å². The third-order valence-corrected chi connectivity index (χ3v) is 8.18. The van der Waals surface area contributed by atoms with Crippen molar-refractivity contribution in [3.8, 4) is 0 Å². The lowest BCUT2D eigenvalue weighted by Crippen LogP contribution is -2.30. The Hall–Kier alpha value is -4.40. The standard InChI is InChI=1S/C34H31ClFN3O3S/c1-4-31(34(42)38-29-17-16-21(2)18-22(29)3)43-25-13-8-12-24(19-25)37-33(41)30(20-26-27(35)14-9-15-28(26)36)39-32(40)23-10-6-5-7-11-23/h5-20,31H,4H2,1-3H3,(H,37,41)(H,38,42)(H,39,40)/b30-20+. The van der Waals surface area contributed by atoms with E-state index in [1.165, 1.54) is 36.0 Å². The third kappa shape index (κ3) is 8.56. The van der Waals surface area contributed by atoms with Gasteiger partial charge in [0.2, 0.25) is 5.91 Å². The normalized spacial score (nSPS) is 11.9. The first-order chi connectivity index (χ1) is 20.6. The lowest BCUT2D eigenvalue weighted by molar-refractivity contribution is -0.116. The Morgan fingerprint density at radius 1 is 0.907 bits per heavy atom. The molecule has 0 aliphatic carbocycles. The summed E-state index contributed by atoms with van der Waals surface area (Å²) in [4.78, 5) is 40.2. The van der Waals surface area contributed by atoms with Gasteiger partial charge >= 0.3 is 0 Å². The van der Waals surface area contributed by atoms with Crippen molar-refractivity contribution >= 4 is 58.5 Å². The van der Waals surface area contributed by atoms with Crippen molar-refractivity contribution in [3.05, 3.63) is 130 Å². The van der Waals surface area contributed by atoms with E-state index in [0.717, 1.165) is 21.7 Å². The van der Waals surface area contributed by atoms with Crippen molar-refractivity contribution < 1.29 is 18.8 Å². The van der Waals surface area contributed by atoms with Crippen LogP contribution in [0.2, 0.25) is 5.02 Å². The lowest BCUT2D eigenvalue weighted by Gasteiger charge is -2.17. The lowest BCUT2D eigenvalue weighted by atomic mass is 10.1. The zero-order valence-corrected chi connectivity index (χ0v) is 25.5. The van der Waals surface area contributed by atoms with Gasteiger partial charge in [0.05, 0.1) is 10.3 Å². The summed E-state index contributed by atoms with van der Waals surface area (Å²) in [7, 11) is 0. The Balaban J connectivity index is 1.53. The predicted octanol–water partition coefficient (Wildman–Crippen LogP) is 8.01. The number of hydrogen-bond acceptors (Lipinski definition) is 4. The van der Waals surface area contributed by atoms with Crippen LogP contribution in [0.5, 0.6) is 0 Å². The highest BCUT2D eigenvalue weighted by atomic mass is 35.5. The molecule has 0 heterocycles. The highest BCUT2D eigenvalue weighted by molar-refractivity contribution is 8.00. The second-order valence-electron chi connectivity index (χ2n) is 9.82. The third-order valence-electron chi connectivity index (χ3n) is 6.49. The molecule has 4 aromatic rings. The second-order valence-corrected chi connectivity index (χ2v) is 11.5. The Kier molecular flexibility index (Phi) is 10.8. The number of nitrogens with one attached hydrogen (secondary N) is 3. The topological polar surface area (TPSA) is 87.3 Å². The number of anilines is 2. The molecule has 1 unspecified atom stereocenters. The Labute approximate surface area is 259 Å². The molecule has 0 aromatic heterocycles. The van der Waals surface area contributed by atoms with Crippen LogP contribution in [0.4, 0.5) is 15.8 Å². The van der Waals surface area contributed by atoms with Gasteiger partial charge in [-0.25, -0.2) is 4.39 Å². The highest BCUT2D eigenvalue weighted by Crippen LogP contribution is 2.29. The molecule has 0 radical (unpaired) electrons. The fourth-order valence-corrected chi connectivity index (χ4v) is 5.47. The summed E-state index contributed by atoms with van der Waals surface area (Å²) in [5.74, 6) is -1.98. The molecule has 0 spiro atoms. The minimum absolute atomic E-state index is 0.0346. The Morgan fingerprint density at radius 3 is 2.35 bits per heavy atom. The van der Waals surface area contributed by atoms with Crippen molar-refractivity contribution in [2.45, 2.75) is 37.3 Å². The molecule has 0 aliphatic heterocycles. The molecule has 9 heteroatoms. The minimum atomic E-state index is -0.676. The molecule has 0 aliphatic rings. The molecule has 43 heavy (non-hydrogen) atoms. The number of hydrogen-bond donors (Lipinski definition) is 3. The van der Waals surface area contributed by atoms with Crippen LogP contribution in [0.25, 0.3) is 6.08 Å². The van der Waals surface area contributed by atoms with Crippen LogP contribution in [0.3, 0.4) is 0 Å². The smallest absolute Gasteiger partial charge is 0.272 e. The van der Waals surface area contributed by atoms with Crippen LogP contribution in [0, 0.1) is 19.7 Å². The molecule has 3 N–H and O–H groups in total. The van der Waals surface area contributed by atoms with Gasteiger partial charge in [0.15, 0.2) is 0 Å². The first-order valence-electron chi connectivity index (χ1n) is 13.6. The highest BCUT2D eigenvalue weighted by Gasteiger charge is 2.20. The first-order valence-corrected chi connectivity index (χ1v) is 14.9. The van der Waals surface area contributed by atoms with E-state index in [0.29, 0.717) is 17.7 Å². The SMILES string of the molecule is CCC(Sc1cccc(NC(=O)/C(=C\c2c(F)cccc2Cl)NC(=O)c2ccccc2)c1)C(=O)Nc1ccc(C)cc1C. The summed E-state index contributed by atoms with van der Waals surface area (Å²) in [5.41, 5.74) is 3.39. The van der Waals surface area contributed by atoms with Gasteiger partial charge < -0.3 is 16.0 Å². The van der Waals surface area contributed by atoms with Crippen molar-refractivity contribution in [2.75, 3.05) is 10.6 Å². The summed E-state index contributed by atoms with van der Waals surface area (Å²) in [6.45, 7) is 5.89. The van der Waals surface area contributed by atoms with Crippen molar-refractivity contribution in [1.82, 2.24) is 5.32 Å². The largest absolute Gasteiger partial charge is 0.325 e. The first kappa shape index (κ1) is 31.5. The minimum Gasteiger partial charge on any atom is -0.325 e. The number of benzene rings is 4. The van der Waals surface area contributed by atoms with Gasteiger partial charge in [0, 0.05) is 27.4 Å². The maximum absolute atomic E-state index is 14.6. The number of thioether (sulfide) groups is 1. The molecular weight excluding hydrogens is 585 g/mol. The number of rotatable bonds is 10. The van der Waals surface area contributed by atoms with Gasteiger partial charge in [-0.2, -0.15) is 0 Å². The van der Waals surface area contributed by atoms with E-state index in [9.17, 15) is 18.8 Å². The number of amides is 3. The van der Waals surface area contributed by atoms with Gasteiger partial charge in [-0.1, -0.05) is 66.6 Å². The summed E-state index contributed by atoms with van der Waals surface area (Å²) in [6.07, 6.45) is 1.79. The average Bonchev–Trinajstić information content (AvgIpc) is 2.99. The van der Waals surface area contributed by atoms with Gasteiger partial charge in [0.25, 0.3) is 11.8 Å². The van der Waals surface area contributed by atoms with Crippen molar-refractivity contribution in [1.29, 1.82) is 0 Å². The molecule has 1 atom stereocenters.